The van der Waals surface area contributed by atoms with Gasteiger partial charge in [0.1, 0.15) is 5.60 Å². The Labute approximate surface area is 66.4 Å². The fourth-order valence-electron chi connectivity index (χ4n) is 2.34. The predicted molar refractivity (Wildman–Crippen MR) is 41.2 cm³/mol. The lowest BCUT2D eigenvalue weighted by Crippen LogP contribution is -2.60. The lowest BCUT2D eigenvalue weighted by atomic mass is 9.81. The smallest absolute Gasteiger partial charge is 0.106 e. The van der Waals surface area contributed by atoms with Crippen LogP contribution in [0.1, 0.15) is 25.7 Å². The Morgan fingerprint density at radius 2 is 1.73 bits per heavy atom. The van der Waals surface area contributed by atoms with E-state index < -0.39 is 11.2 Å². The molecule has 1 aliphatic heterocycles. The average molecular weight is 157 g/mol. The van der Waals surface area contributed by atoms with E-state index in [1.807, 2.05) is 0 Å². The summed E-state index contributed by atoms with van der Waals surface area (Å²) in [6.45, 7) is 1.39. The van der Waals surface area contributed by atoms with Crippen LogP contribution in [0.25, 0.3) is 0 Å². The Morgan fingerprint density at radius 1 is 1.00 bits per heavy atom. The van der Waals surface area contributed by atoms with Crippen molar-refractivity contribution in [1.82, 2.24) is 5.32 Å². The highest BCUT2D eigenvalue weighted by Gasteiger charge is 2.53. The lowest BCUT2D eigenvalue weighted by Gasteiger charge is -2.42. The minimum absolute atomic E-state index is 0.559. The summed E-state index contributed by atoms with van der Waals surface area (Å²) in [4.78, 5) is 0. The standard InChI is InChI=1S/C8H15NO2/c10-7-2-1-3-8(7,11)6-9-5-4-7/h9-11H,1-6H2. The van der Waals surface area contributed by atoms with Crippen molar-refractivity contribution in [2.24, 2.45) is 0 Å². The first-order valence-corrected chi connectivity index (χ1v) is 4.32. The monoisotopic (exact) mass is 157 g/mol. The summed E-state index contributed by atoms with van der Waals surface area (Å²) in [6, 6.07) is 0. The van der Waals surface area contributed by atoms with Crippen molar-refractivity contribution < 1.29 is 10.2 Å². The summed E-state index contributed by atoms with van der Waals surface area (Å²) in [7, 11) is 0. The van der Waals surface area contributed by atoms with Gasteiger partial charge in [-0.15, -0.1) is 0 Å². The van der Waals surface area contributed by atoms with Gasteiger partial charge in [-0.2, -0.15) is 0 Å². The third-order valence-electron chi connectivity index (χ3n) is 3.18. The van der Waals surface area contributed by atoms with Crippen LogP contribution < -0.4 is 5.32 Å². The van der Waals surface area contributed by atoms with E-state index in [1.54, 1.807) is 0 Å². The summed E-state index contributed by atoms with van der Waals surface area (Å²) < 4.78 is 0. The minimum atomic E-state index is -0.828. The van der Waals surface area contributed by atoms with Crippen LogP contribution in [0.2, 0.25) is 0 Å². The number of piperidine rings is 1. The van der Waals surface area contributed by atoms with Crippen molar-refractivity contribution in [3.8, 4) is 0 Å². The Balaban J connectivity index is 2.24. The molecule has 0 aromatic rings. The SMILES string of the molecule is OC12CCCC1(O)CNCC2. The normalized spacial score (nSPS) is 50.7. The van der Waals surface area contributed by atoms with Gasteiger partial charge < -0.3 is 15.5 Å². The molecule has 3 N–H and O–H groups in total. The van der Waals surface area contributed by atoms with E-state index in [1.165, 1.54) is 0 Å². The molecule has 2 rings (SSSR count). The van der Waals surface area contributed by atoms with Gasteiger partial charge in [-0.25, -0.2) is 0 Å². The Morgan fingerprint density at radius 3 is 2.45 bits per heavy atom. The van der Waals surface area contributed by atoms with Gasteiger partial charge in [-0.1, -0.05) is 0 Å². The molecule has 11 heavy (non-hydrogen) atoms. The van der Waals surface area contributed by atoms with Gasteiger partial charge >= 0.3 is 0 Å². The summed E-state index contributed by atoms with van der Waals surface area (Å²) in [5.41, 5.74) is -1.61. The van der Waals surface area contributed by atoms with E-state index in [2.05, 4.69) is 5.32 Å². The molecule has 2 atom stereocenters. The van der Waals surface area contributed by atoms with E-state index in [0.717, 1.165) is 25.8 Å². The molecule has 3 nitrogen and oxygen atoms in total. The average Bonchev–Trinajstić information content (AvgIpc) is 2.25. The number of fused-ring (bicyclic) bond motifs is 1. The molecule has 0 aromatic heterocycles. The Kier molecular flexibility index (Phi) is 1.50. The molecule has 1 heterocycles. The van der Waals surface area contributed by atoms with E-state index in [-0.39, 0.29) is 0 Å². The summed E-state index contributed by atoms with van der Waals surface area (Å²) >= 11 is 0. The maximum absolute atomic E-state index is 9.98. The largest absolute Gasteiger partial charge is 0.387 e. The highest BCUT2D eigenvalue weighted by Crippen LogP contribution is 2.42. The predicted octanol–water partition coefficient (Wildman–Crippen LogP) is -0.374. The van der Waals surface area contributed by atoms with Gasteiger partial charge in [-0.3, -0.25) is 0 Å². The molecule has 2 fully saturated rings. The van der Waals surface area contributed by atoms with Crippen LogP contribution in [-0.2, 0) is 0 Å². The van der Waals surface area contributed by atoms with Crippen LogP contribution in [0.3, 0.4) is 0 Å². The van der Waals surface area contributed by atoms with Crippen molar-refractivity contribution in [1.29, 1.82) is 0 Å². The van der Waals surface area contributed by atoms with E-state index in [0.29, 0.717) is 13.0 Å². The van der Waals surface area contributed by atoms with Crippen molar-refractivity contribution in [2.75, 3.05) is 13.1 Å². The molecule has 1 saturated carbocycles. The van der Waals surface area contributed by atoms with Gasteiger partial charge in [0.2, 0.25) is 0 Å². The molecule has 1 aliphatic carbocycles. The van der Waals surface area contributed by atoms with Crippen molar-refractivity contribution in [3.05, 3.63) is 0 Å². The number of hydrogen-bond acceptors (Lipinski definition) is 3. The fourth-order valence-corrected chi connectivity index (χ4v) is 2.34. The quantitative estimate of drug-likeness (QED) is 0.449. The maximum atomic E-state index is 9.98. The molecule has 0 bridgehead atoms. The van der Waals surface area contributed by atoms with Gasteiger partial charge in [0.25, 0.3) is 0 Å². The summed E-state index contributed by atoms with van der Waals surface area (Å²) in [6.07, 6.45) is 3.17. The van der Waals surface area contributed by atoms with Crippen molar-refractivity contribution in [3.63, 3.8) is 0 Å². The molecule has 0 amide bonds. The van der Waals surface area contributed by atoms with Crippen LogP contribution in [-0.4, -0.2) is 34.5 Å². The molecule has 64 valence electrons. The van der Waals surface area contributed by atoms with Crippen molar-refractivity contribution >= 4 is 0 Å². The topological polar surface area (TPSA) is 52.5 Å². The highest BCUT2D eigenvalue weighted by molar-refractivity contribution is 5.08. The number of hydrogen-bond donors (Lipinski definition) is 3. The zero-order valence-corrected chi connectivity index (χ0v) is 6.64. The second kappa shape index (κ2) is 2.19. The summed E-state index contributed by atoms with van der Waals surface area (Å²) in [5, 5.41) is 23.0. The van der Waals surface area contributed by atoms with Gasteiger partial charge in [0.05, 0.1) is 5.60 Å². The van der Waals surface area contributed by atoms with E-state index >= 15 is 0 Å². The van der Waals surface area contributed by atoms with Crippen molar-refractivity contribution in [2.45, 2.75) is 36.9 Å². The number of nitrogens with one attached hydrogen (secondary N) is 1. The molecule has 1 saturated heterocycles. The first-order valence-electron chi connectivity index (χ1n) is 4.32. The zero-order valence-electron chi connectivity index (χ0n) is 6.64. The molecule has 2 unspecified atom stereocenters. The zero-order chi connectivity index (χ0) is 7.95. The summed E-state index contributed by atoms with van der Waals surface area (Å²) in [5.74, 6) is 0. The number of β-amino-alcohol motifs (C(OH)–C–C–N with tert-alkyl or cyclic N) is 1. The van der Waals surface area contributed by atoms with E-state index in [4.69, 9.17) is 0 Å². The first kappa shape index (κ1) is 7.53. The van der Waals surface area contributed by atoms with Gasteiger partial charge in [0, 0.05) is 6.54 Å². The van der Waals surface area contributed by atoms with Crippen LogP contribution >= 0.6 is 0 Å². The van der Waals surface area contributed by atoms with Gasteiger partial charge in [-0.05, 0) is 32.2 Å². The van der Waals surface area contributed by atoms with Gasteiger partial charge in [0.15, 0.2) is 0 Å². The minimum Gasteiger partial charge on any atom is -0.387 e. The third-order valence-corrected chi connectivity index (χ3v) is 3.18. The van der Waals surface area contributed by atoms with Crippen LogP contribution in [0, 0.1) is 0 Å². The Bertz CT molecular complexity index is 155. The molecular weight excluding hydrogens is 142 g/mol. The Hall–Kier alpha value is -0.120. The second-order valence-electron chi connectivity index (χ2n) is 3.84. The molecular formula is C8H15NO2. The van der Waals surface area contributed by atoms with Crippen LogP contribution in [0.5, 0.6) is 0 Å². The second-order valence-corrected chi connectivity index (χ2v) is 3.84. The number of rotatable bonds is 0. The van der Waals surface area contributed by atoms with Crippen LogP contribution in [0.15, 0.2) is 0 Å². The molecule has 0 radical (unpaired) electrons. The number of aliphatic hydroxyl groups is 2. The highest BCUT2D eigenvalue weighted by atomic mass is 16.4. The molecule has 0 aromatic carbocycles. The first-order chi connectivity index (χ1) is 5.16. The maximum Gasteiger partial charge on any atom is 0.106 e. The third kappa shape index (κ3) is 0.916. The fraction of sp³-hybridized carbons (Fsp3) is 1.00. The molecule has 0 spiro atoms. The lowest BCUT2D eigenvalue weighted by molar-refractivity contribution is -0.144. The molecule has 3 heteroatoms. The van der Waals surface area contributed by atoms with E-state index in [9.17, 15) is 10.2 Å². The van der Waals surface area contributed by atoms with Crippen LogP contribution in [0.4, 0.5) is 0 Å². The molecule has 2 aliphatic rings.